The molecule has 0 aromatic heterocycles. The first-order valence-corrected chi connectivity index (χ1v) is 6.84. The standard InChI is InChI=1S/C14H28N2O4/c1-13(2,3)19-11(17)8-7-10(9-15)16-12(18)20-14(4,5)6/h10H,7-9,15H2,1-6H3,(H,16,18). The molecule has 0 radical (unpaired) electrons. The number of nitrogens with two attached hydrogens (primary N) is 1. The molecule has 3 N–H and O–H groups in total. The van der Waals surface area contributed by atoms with Gasteiger partial charge in [-0.2, -0.15) is 0 Å². The summed E-state index contributed by atoms with van der Waals surface area (Å²) >= 11 is 0. The molecule has 6 heteroatoms. The molecule has 118 valence electrons. The summed E-state index contributed by atoms with van der Waals surface area (Å²) in [4.78, 5) is 23.2. The van der Waals surface area contributed by atoms with Crippen LogP contribution in [0.5, 0.6) is 0 Å². The fraction of sp³-hybridized carbons (Fsp3) is 0.857. The second-order valence-electron chi connectivity index (χ2n) is 6.70. The van der Waals surface area contributed by atoms with Crippen LogP contribution in [0.4, 0.5) is 4.79 Å². The Hall–Kier alpha value is -1.30. The fourth-order valence-electron chi connectivity index (χ4n) is 1.41. The quantitative estimate of drug-likeness (QED) is 0.755. The molecule has 0 saturated heterocycles. The lowest BCUT2D eigenvalue weighted by Gasteiger charge is -2.23. The smallest absolute Gasteiger partial charge is 0.407 e. The van der Waals surface area contributed by atoms with Crippen LogP contribution >= 0.6 is 0 Å². The number of carbonyl (C=O) groups excluding carboxylic acids is 2. The molecule has 0 bridgehead atoms. The number of rotatable bonds is 5. The first kappa shape index (κ1) is 18.7. The lowest BCUT2D eigenvalue weighted by atomic mass is 10.1. The van der Waals surface area contributed by atoms with Crippen molar-refractivity contribution in [1.82, 2.24) is 5.32 Å². The molecular formula is C14H28N2O4. The van der Waals surface area contributed by atoms with Gasteiger partial charge >= 0.3 is 12.1 Å². The van der Waals surface area contributed by atoms with E-state index in [1.54, 1.807) is 20.8 Å². The van der Waals surface area contributed by atoms with Gasteiger partial charge in [-0.1, -0.05) is 0 Å². The van der Waals surface area contributed by atoms with E-state index in [2.05, 4.69) is 5.32 Å². The minimum Gasteiger partial charge on any atom is -0.460 e. The third-order valence-electron chi connectivity index (χ3n) is 2.12. The summed E-state index contributed by atoms with van der Waals surface area (Å²) in [7, 11) is 0. The van der Waals surface area contributed by atoms with Crippen LogP contribution in [0.3, 0.4) is 0 Å². The molecule has 1 amide bonds. The normalized spacial score (nSPS) is 13.6. The van der Waals surface area contributed by atoms with Crippen molar-refractivity contribution in [2.75, 3.05) is 6.54 Å². The predicted octanol–water partition coefficient (Wildman–Crippen LogP) is 1.96. The summed E-state index contributed by atoms with van der Waals surface area (Å²) in [5, 5.41) is 2.65. The average Bonchev–Trinajstić information content (AvgIpc) is 2.18. The van der Waals surface area contributed by atoms with Crippen LogP contribution in [0.15, 0.2) is 0 Å². The first-order valence-electron chi connectivity index (χ1n) is 6.84. The van der Waals surface area contributed by atoms with Gasteiger partial charge in [0.05, 0.1) is 0 Å². The molecule has 0 rings (SSSR count). The Morgan fingerprint density at radius 3 is 1.95 bits per heavy atom. The number of amides is 1. The molecule has 0 fully saturated rings. The Bertz CT molecular complexity index is 329. The van der Waals surface area contributed by atoms with Crippen LogP contribution in [0, 0.1) is 0 Å². The number of carbonyl (C=O) groups is 2. The summed E-state index contributed by atoms with van der Waals surface area (Å²) in [5.74, 6) is -0.304. The second kappa shape index (κ2) is 7.47. The Labute approximate surface area is 121 Å². The number of hydrogen-bond donors (Lipinski definition) is 2. The number of alkyl carbamates (subject to hydrolysis) is 1. The molecule has 0 aliphatic carbocycles. The van der Waals surface area contributed by atoms with Gasteiger partial charge in [-0.3, -0.25) is 4.79 Å². The molecule has 0 heterocycles. The highest BCUT2D eigenvalue weighted by Gasteiger charge is 2.21. The van der Waals surface area contributed by atoms with E-state index in [-0.39, 0.29) is 25.0 Å². The predicted molar refractivity (Wildman–Crippen MR) is 77.3 cm³/mol. The maximum atomic E-state index is 11.6. The molecular weight excluding hydrogens is 260 g/mol. The van der Waals surface area contributed by atoms with Crippen LogP contribution in [0.25, 0.3) is 0 Å². The van der Waals surface area contributed by atoms with Crippen LogP contribution < -0.4 is 11.1 Å². The second-order valence-corrected chi connectivity index (χ2v) is 6.70. The third kappa shape index (κ3) is 10.6. The van der Waals surface area contributed by atoms with Crippen LogP contribution in [0.1, 0.15) is 54.4 Å². The minimum atomic E-state index is -0.561. The molecule has 0 saturated carbocycles. The molecule has 0 aromatic rings. The zero-order chi connectivity index (χ0) is 16.0. The number of hydrogen-bond acceptors (Lipinski definition) is 5. The van der Waals surface area contributed by atoms with E-state index >= 15 is 0 Å². The SMILES string of the molecule is CC(C)(C)OC(=O)CCC(CN)NC(=O)OC(C)(C)C. The molecule has 1 unspecified atom stereocenters. The Morgan fingerprint density at radius 2 is 1.55 bits per heavy atom. The average molecular weight is 288 g/mol. The number of ether oxygens (including phenoxy) is 2. The van der Waals surface area contributed by atoms with Gasteiger partial charge in [0.1, 0.15) is 11.2 Å². The highest BCUT2D eigenvalue weighted by Crippen LogP contribution is 2.11. The zero-order valence-electron chi connectivity index (χ0n) is 13.4. The van der Waals surface area contributed by atoms with Gasteiger partial charge in [0.15, 0.2) is 0 Å². The van der Waals surface area contributed by atoms with Crippen LogP contribution in [-0.4, -0.2) is 35.9 Å². The summed E-state index contributed by atoms with van der Waals surface area (Å²) in [5.41, 5.74) is 4.51. The van der Waals surface area contributed by atoms with Gasteiger partial charge in [0.2, 0.25) is 0 Å². The van der Waals surface area contributed by atoms with Gasteiger partial charge in [-0.05, 0) is 48.0 Å². The van der Waals surface area contributed by atoms with Crippen LogP contribution in [0.2, 0.25) is 0 Å². The van der Waals surface area contributed by atoms with Crippen molar-refractivity contribution in [3.8, 4) is 0 Å². The topological polar surface area (TPSA) is 90.6 Å². The first-order chi connectivity index (χ1) is 8.93. The lowest BCUT2D eigenvalue weighted by Crippen LogP contribution is -2.43. The van der Waals surface area contributed by atoms with E-state index in [1.165, 1.54) is 0 Å². The molecule has 0 aliphatic rings. The largest absolute Gasteiger partial charge is 0.460 e. The van der Waals surface area contributed by atoms with E-state index in [4.69, 9.17) is 15.2 Å². The maximum Gasteiger partial charge on any atom is 0.407 e. The molecule has 6 nitrogen and oxygen atoms in total. The van der Waals surface area contributed by atoms with Gasteiger partial charge in [0, 0.05) is 19.0 Å². The molecule has 1 atom stereocenters. The van der Waals surface area contributed by atoms with Crippen molar-refractivity contribution in [2.45, 2.75) is 71.6 Å². The van der Waals surface area contributed by atoms with E-state index in [0.29, 0.717) is 6.42 Å². The summed E-state index contributed by atoms with van der Waals surface area (Å²) < 4.78 is 10.3. The Balaban J connectivity index is 4.17. The summed E-state index contributed by atoms with van der Waals surface area (Å²) in [6.07, 6.45) is 0.0942. The van der Waals surface area contributed by atoms with Gasteiger partial charge in [-0.25, -0.2) is 4.79 Å². The van der Waals surface area contributed by atoms with E-state index in [0.717, 1.165) is 0 Å². The molecule has 0 spiro atoms. The van der Waals surface area contributed by atoms with Crippen molar-refractivity contribution in [1.29, 1.82) is 0 Å². The monoisotopic (exact) mass is 288 g/mol. The molecule has 0 aromatic carbocycles. The van der Waals surface area contributed by atoms with Gasteiger partial charge in [-0.15, -0.1) is 0 Å². The van der Waals surface area contributed by atoms with Crippen molar-refractivity contribution >= 4 is 12.1 Å². The third-order valence-corrected chi connectivity index (χ3v) is 2.12. The maximum absolute atomic E-state index is 11.6. The fourth-order valence-corrected chi connectivity index (χ4v) is 1.41. The zero-order valence-corrected chi connectivity index (χ0v) is 13.4. The van der Waals surface area contributed by atoms with Crippen molar-refractivity contribution in [3.05, 3.63) is 0 Å². The van der Waals surface area contributed by atoms with Crippen molar-refractivity contribution in [3.63, 3.8) is 0 Å². The molecule has 20 heavy (non-hydrogen) atoms. The van der Waals surface area contributed by atoms with Crippen molar-refractivity contribution < 1.29 is 19.1 Å². The van der Waals surface area contributed by atoms with E-state index < -0.39 is 17.3 Å². The highest BCUT2D eigenvalue weighted by molar-refractivity contribution is 5.70. The lowest BCUT2D eigenvalue weighted by molar-refractivity contribution is -0.155. The van der Waals surface area contributed by atoms with E-state index in [1.807, 2.05) is 20.8 Å². The minimum absolute atomic E-state index is 0.203. The van der Waals surface area contributed by atoms with Gasteiger partial charge in [0.25, 0.3) is 0 Å². The molecule has 0 aliphatic heterocycles. The number of nitrogens with one attached hydrogen (secondary N) is 1. The Morgan fingerprint density at radius 1 is 1.05 bits per heavy atom. The van der Waals surface area contributed by atoms with E-state index in [9.17, 15) is 9.59 Å². The number of esters is 1. The van der Waals surface area contributed by atoms with Crippen LogP contribution in [-0.2, 0) is 14.3 Å². The summed E-state index contributed by atoms with van der Waals surface area (Å²) in [6.45, 7) is 11.0. The van der Waals surface area contributed by atoms with Gasteiger partial charge < -0.3 is 20.5 Å². The Kier molecular flexibility index (Phi) is 6.99. The highest BCUT2D eigenvalue weighted by atomic mass is 16.6. The van der Waals surface area contributed by atoms with Crippen molar-refractivity contribution in [2.24, 2.45) is 5.73 Å². The summed E-state index contributed by atoms with van der Waals surface area (Å²) in [6, 6.07) is -0.308.